The average molecular weight is 162 g/mol. The molecule has 0 aromatic carbocycles. The summed E-state index contributed by atoms with van der Waals surface area (Å²) in [5, 5.41) is 8.48. The van der Waals surface area contributed by atoms with E-state index in [0.29, 0.717) is 0 Å². The Hall–Kier alpha value is -0.670. The number of rotatable bonds is 1. The van der Waals surface area contributed by atoms with Gasteiger partial charge in [-0.1, -0.05) is 0 Å². The lowest BCUT2D eigenvalue weighted by Crippen LogP contribution is -2.15. The van der Waals surface area contributed by atoms with E-state index in [9.17, 15) is 13.6 Å². The molecule has 0 heterocycles. The summed E-state index contributed by atoms with van der Waals surface area (Å²) in [6.07, 6.45) is 0.347. The molecule has 0 spiro atoms. The van der Waals surface area contributed by atoms with Crippen LogP contribution in [-0.2, 0) is 4.79 Å². The molecule has 0 unspecified atom stereocenters. The van der Waals surface area contributed by atoms with Crippen LogP contribution in [0.2, 0.25) is 0 Å². The van der Waals surface area contributed by atoms with Crippen LogP contribution in [0.15, 0.2) is 0 Å². The molecule has 62 valence electrons. The highest BCUT2D eigenvalue weighted by molar-refractivity contribution is 5.71. The molecule has 4 heteroatoms. The van der Waals surface area contributed by atoms with Gasteiger partial charge in [-0.2, -0.15) is 0 Å². The van der Waals surface area contributed by atoms with Gasteiger partial charge in [-0.3, -0.25) is 4.79 Å². The highest BCUT2D eigenvalue weighted by atomic mass is 19.3. The van der Waals surface area contributed by atoms with Gasteiger partial charge in [0, 0.05) is 11.8 Å². The van der Waals surface area contributed by atoms with E-state index in [1.54, 1.807) is 0 Å². The summed E-state index contributed by atoms with van der Waals surface area (Å²) in [7, 11) is 0. The number of carbonyl (C=O) groups is 1. The van der Waals surface area contributed by atoms with E-state index < -0.39 is 29.6 Å². The molecule has 0 aliphatic heterocycles. The first-order valence-electron chi connectivity index (χ1n) is 3.64. The summed E-state index contributed by atoms with van der Waals surface area (Å²) in [6.45, 7) is 0. The van der Waals surface area contributed by atoms with Gasteiger partial charge in [0.25, 0.3) is 5.92 Å². The van der Waals surface area contributed by atoms with Crippen LogP contribution >= 0.6 is 0 Å². The predicted octanol–water partition coefficient (Wildman–Crippen LogP) is 1.36. The molecule has 2 rings (SSSR count). The number of aliphatic carboxylic acids is 1. The van der Waals surface area contributed by atoms with Crippen molar-refractivity contribution < 1.29 is 18.7 Å². The number of carboxylic acid groups (broad SMARTS) is 1. The van der Waals surface area contributed by atoms with Gasteiger partial charge in [-0.15, -0.1) is 0 Å². The third-order valence-electron chi connectivity index (χ3n) is 2.79. The van der Waals surface area contributed by atoms with Crippen LogP contribution in [0.25, 0.3) is 0 Å². The van der Waals surface area contributed by atoms with Gasteiger partial charge in [0.2, 0.25) is 0 Å². The van der Waals surface area contributed by atoms with Crippen molar-refractivity contribution in [1.29, 1.82) is 0 Å². The van der Waals surface area contributed by atoms with E-state index in [2.05, 4.69) is 0 Å². The Balaban J connectivity index is 2.00. The second-order valence-corrected chi connectivity index (χ2v) is 3.39. The summed E-state index contributed by atoms with van der Waals surface area (Å²) in [5.74, 6) is -5.21. The summed E-state index contributed by atoms with van der Waals surface area (Å²) in [5.41, 5.74) is 0. The number of carboxylic acids is 1. The topological polar surface area (TPSA) is 37.3 Å². The monoisotopic (exact) mass is 162 g/mol. The van der Waals surface area contributed by atoms with E-state index in [1.807, 2.05) is 0 Å². The summed E-state index contributed by atoms with van der Waals surface area (Å²) < 4.78 is 25.0. The van der Waals surface area contributed by atoms with Crippen LogP contribution < -0.4 is 0 Å². The van der Waals surface area contributed by atoms with Gasteiger partial charge in [0.15, 0.2) is 0 Å². The van der Waals surface area contributed by atoms with Gasteiger partial charge in [0.05, 0.1) is 5.92 Å². The highest BCUT2D eigenvalue weighted by Crippen LogP contribution is 2.65. The molecule has 0 aromatic rings. The lowest BCUT2D eigenvalue weighted by molar-refractivity contribution is -0.142. The SMILES string of the molecule is O=C(O)[C@H]1C[C@@H]2[C@H](C1)C2(F)F. The van der Waals surface area contributed by atoms with E-state index in [1.165, 1.54) is 0 Å². The van der Waals surface area contributed by atoms with Crippen molar-refractivity contribution >= 4 is 5.97 Å². The molecular weight excluding hydrogens is 154 g/mol. The van der Waals surface area contributed by atoms with Crippen LogP contribution in [0.4, 0.5) is 8.78 Å². The summed E-state index contributed by atoms with van der Waals surface area (Å²) in [6, 6.07) is 0. The van der Waals surface area contributed by atoms with Crippen molar-refractivity contribution in [2.75, 3.05) is 0 Å². The largest absolute Gasteiger partial charge is 0.481 e. The maximum atomic E-state index is 12.5. The summed E-state index contributed by atoms with van der Waals surface area (Å²) >= 11 is 0. The molecule has 11 heavy (non-hydrogen) atoms. The third kappa shape index (κ3) is 0.781. The Morgan fingerprint density at radius 1 is 1.36 bits per heavy atom. The van der Waals surface area contributed by atoms with Gasteiger partial charge in [-0.25, -0.2) is 8.78 Å². The number of halogens is 2. The first-order chi connectivity index (χ1) is 5.03. The molecule has 0 aromatic heterocycles. The van der Waals surface area contributed by atoms with Gasteiger partial charge < -0.3 is 5.11 Å². The van der Waals surface area contributed by atoms with Crippen molar-refractivity contribution in [1.82, 2.24) is 0 Å². The molecule has 1 N–H and O–H groups in total. The molecule has 2 fully saturated rings. The minimum absolute atomic E-state index is 0.174. The smallest absolute Gasteiger partial charge is 0.306 e. The van der Waals surface area contributed by atoms with Crippen molar-refractivity contribution in [2.45, 2.75) is 18.8 Å². The van der Waals surface area contributed by atoms with Gasteiger partial charge in [0.1, 0.15) is 0 Å². The fourth-order valence-electron chi connectivity index (χ4n) is 2.01. The van der Waals surface area contributed by atoms with E-state index >= 15 is 0 Å². The maximum Gasteiger partial charge on any atom is 0.306 e. The van der Waals surface area contributed by atoms with Crippen LogP contribution in [0.5, 0.6) is 0 Å². The van der Waals surface area contributed by atoms with Crippen molar-refractivity contribution in [3.8, 4) is 0 Å². The highest BCUT2D eigenvalue weighted by Gasteiger charge is 2.72. The van der Waals surface area contributed by atoms with E-state index in [0.717, 1.165) is 0 Å². The van der Waals surface area contributed by atoms with Crippen molar-refractivity contribution in [3.05, 3.63) is 0 Å². The maximum absolute atomic E-state index is 12.5. The van der Waals surface area contributed by atoms with Crippen LogP contribution in [0.3, 0.4) is 0 Å². The lowest BCUT2D eigenvalue weighted by Gasteiger charge is -2.07. The molecule has 2 aliphatic carbocycles. The number of hydrogen-bond donors (Lipinski definition) is 1. The van der Waals surface area contributed by atoms with Crippen LogP contribution in [-0.4, -0.2) is 17.0 Å². The molecule has 3 atom stereocenters. The zero-order valence-electron chi connectivity index (χ0n) is 5.76. The molecule has 0 radical (unpaired) electrons. The molecule has 2 saturated carbocycles. The zero-order chi connectivity index (χ0) is 8.22. The first kappa shape index (κ1) is 7.00. The quantitative estimate of drug-likeness (QED) is 0.632. The standard InChI is InChI=1S/C7H8F2O2/c8-7(9)4-1-3(6(10)11)2-5(4)7/h3-5H,1-2H2,(H,10,11)/t3-,4+,5-. The number of hydrogen-bond acceptors (Lipinski definition) is 1. The molecule has 0 saturated heterocycles. The Morgan fingerprint density at radius 2 is 1.82 bits per heavy atom. The third-order valence-corrected chi connectivity index (χ3v) is 2.79. The summed E-state index contributed by atoms with van der Waals surface area (Å²) in [4.78, 5) is 10.3. The minimum Gasteiger partial charge on any atom is -0.481 e. The van der Waals surface area contributed by atoms with Crippen molar-refractivity contribution in [2.24, 2.45) is 17.8 Å². The normalized spacial score (nSPS) is 45.1. The minimum atomic E-state index is -2.54. The fourth-order valence-corrected chi connectivity index (χ4v) is 2.01. The Kier molecular flexibility index (Phi) is 1.10. The molecule has 0 bridgehead atoms. The Labute approximate surface area is 62.2 Å². The van der Waals surface area contributed by atoms with E-state index in [4.69, 9.17) is 5.11 Å². The van der Waals surface area contributed by atoms with Gasteiger partial charge in [-0.05, 0) is 12.8 Å². The van der Waals surface area contributed by atoms with Crippen molar-refractivity contribution in [3.63, 3.8) is 0 Å². The average Bonchev–Trinajstić information content (AvgIpc) is 2.28. The molecule has 2 nitrogen and oxygen atoms in total. The molecular formula is C7H8F2O2. The predicted molar refractivity (Wildman–Crippen MR) is 32.3 cm³/mol. The van der Waals surface area contributed by atoms with E-state index in [-0.39, 0.29) is 12.8 Å². The molecule has 0 amide bonds. The number of fused-ring (bicyclic) bond motifs is 1. The number of alkyl halides is 2. The van der Waals surface area contributed by atoms with Crippen LogP contribution in [0, 0.1) is 17.8 Å². The Morgan fingerprint density at radius 3 is 2.18 bits per heavy atom. The van der Waals surface area contributed by atoms with Gasteiger partial charge >= 0.3 is 5.97 Å². The Bertz CT molecular complexity index is 200. The molecule has 2 aliphatic rings. The lowest BCUT2D eigenvalue weighted by atomic mass is 10.0. The zero-order valence-corrected chi connectivity index (χ0v) is 5.76. The first-order valence-corrected chi connectivity index (χ1v) is 3.64. The fraction of sp³-hybridized carbons (Fsp3) is 0.857. The van der Waals surface area contributed by atoms with Crippen LogP contribution in [0.1, 0.15) is 12.8 Å². The second kappa shape index (κ2) is 1.73. The second-order valence-electron chi connectivity index (χ2n) is 3.39.